The quantitative estimate of drug-likeness (QED) is 0.812. The number of aryl methyl sites for hydroxylation is 2. The second-order valence-electron chi connectivity index (χ2n) is 5.24. The summed E-state index contributed by atoms with van der Waals surface area (Å²) >= 11 is 0. The smallest absolute Gasteiger partial charge is 0.0807 e. The van der Waals surface area contributed by atoms with E-state index in [1.807, 2.05) is 0 Å². The van der Waals surface area contributed by atoms with Gasteiger partial charge in [0.2, 0.25) is 0 Å². The first-order valence-electron chi connectivity index (χ1n) is 6.63. The summed E-state index contributed by atoms with van der Waals surface area (Å²) in [5.74, 6) is 0. The van der Waals surface area contributed by atoms with Crippen molar-refractivity contribution in [1.29, 1.82) is 0 Å². The average molecular weight is 241 g/mol. The van der Waals surface area contributed by atoms with Crippen molar-refractivity contribution in [2.45, 2.75) is 39.2 Å². The van der Waals surface area contributed by atoms with Crippen LogP contribution in [0, 0.1) is 13.8 Å². The van der Waals surface area contributed by atoms with Crippen LogP contribution in [0.2, 0.25) is 0 Å². The van der Waals surface area contributed by atoms with Crippen molar-refractivity contribution in [3.63, 3.8) is 0 Å². The fraction of sp³-hybridized carbons (Fsp3) is 0.375. The van der Waals surface area contributed by atoms with E-state index in [4.69, 9.17) is 0 Å². The van der Waals surface area contributed by atoms with Crippen LogP contribution in [-0.4, -0.2) is 9.67 Å². The van der Waals surface area contributed by atoms with E-state index >= 15 is 0 Å². The number of fused-ring (bicyclic) bond motifs is 1. The van der Waals surface area contributed by atoms with Gasteiger partial charge in [-0.05, 0) is 50.3 Å². The summed E-state index contributed by atoms with van der Waals surface area (Å²) in [6.07, 6.45) is 4.86. The molecule has 18 heavy (non-hydrogen) atoms. The number of para-hydroxylation sites is 1. The molecule has 1 heterocycles. The highest BCUT2D eigenvalue weighted by atomic mass is 16.3. The SMILES string of the molecule is Cc1cccc(C)c1-n1ccc2c1CCCC2O. The van der Waals surface area contributed by atoms with Gasteiger partial charge in [-0.1, -0.05) is 18.2 Å². The van der Waals surface area contributed by atoms with Crippen LogP contribution in [0.15, 0.2) is 30.5 Å². The fourth-order valence-corrected chi connectivity index (χ4v) is 3.06. The molecule has 1 aliphatic rings. The number of benzene rings is 1. The molecular formula is C16H19NO. The van der Waals surface area contributed by atoms with Gasteiger partial charge in [-0.15, -0.1) is 0 Å². The Morgan fingerprint density at radius 3 is 2.61 bits per heavy atom. The Morgan fingerprint density at radius 1 is 1.17 bits per heavy atom. The molecule has 0 radical (unpaired) electrons. The van der Waals surface area contributed by atoms with Crippen molar-refractivity contribution < 1.29 is 5.11 Å². The summed E-state index contributed by atoms with van der Waals surface area (Å²) in [5.41, 5.74) is 6.24. The number of hydrogen-bond acceptors (Lipinski definition) is 1. The Labute approximate surface area is 108 Å². The normalized spacial score (nSPS) is 18.7. The van der Waals surface area contributed by atoms with E-state index < -0.39 is 0 Å². The van der Waals surface area contributed by atoms with Crippen molar-refractivity contribution in [3.05, 3.63) is 52.8 Å². The topological polar surface area (TPSA) is 25.2 Å². The molecule has 0 spiro atoms. The van der Waals surface area contributed by atoms with Gasteiger partial charge < -0.3 is 9.67 Å². The van der Waals surface area contributed by atoms with Crippen LogP contribution < -0.4 is 0 Å². The first-order valence-corrected chi connectivity index (χ1v) is 6.63. The van der Waals surface area contributed by atoms with E-state index in [9.17, 15) is 5.11 Å². The Balaban J connectivity index is 2.19. The van der Waals surface area contributed by atoms with Gasteiger partial charge >= 0.3 is 0 Å². The first kappa shape index (κ1) is 11.5. The Morgan fingerprint density at radius 2 is 1.89 bits per heavy atom. The van der Waals surface area contributed by atoms with Crippen LogP contribution in [-0.2, 0) is 6.42 Å². The summed E-state index contributed by atoms with van der Waals surface area (Å²) in [6, 6.07) is 8.46. The van der Waals surface area contributed by atoms with Crippen LogP contribution in [0.5, 0.6) is 0 Å². The van der Waals surface area contributed by atoms with Crippen LogP contribution in [0.4, 0.5) is 0 Å². The van der Waals surface area contributed by atoms with Crippen molar-refractivity contribution >= 4 is 0 Å². The minimum Gasteiger partial charge on any atom is -0.388 e. The fourth-order valence-electron chi connectivity index (χ4n) is 3.06. The molecule has 1 aliphatic carbocycles. The van der Waals surface area contributed by atoms with E-state index in [0.29, 0.717) is 0 Å². The molecule has 0 saturated carbocycles. The number of aliphatic hydroxyl groups excluding tert-OH is 1. The lowest BCUT2D eigenvalue weighted by atomic mass is 9.95. The molecule has 2 aromatic rings. The zero-order chi connectivity index (χ0) is 12.7. The highest BCUT2D eigenvalue weighted by molar-refractivity contribution is 5.50. The largest absolute Gasteiger partial charge is 0.388 e. The van der Waals surface area contributed by atoms with Gasteiger partial charge in [-0.3, -0.25) is 0 Å². The van der Waals surface area contributed by atoms with Crippen molar-refractivity contribution in [1.82, 2.24) is 4.57 Å². The Kier molecular flexibility index (Phi) is 2.75. The molecular weight excluding hydrogens is 222 g/mol. The third-order valence-corrected chi connectivity index (χ3v) is 3.96. The van der Waals surface area contributed by atoms with Gasteiger partial charge in [0.25, 0.3) is 0 Å². The van der Waals surface area contributed by atoms with E-state index in [0.717, 1.165) is 24.8 Å². The highest BCUT2D eigenvalue weighted by Gasteiger charge is 2.22. The van der Waals surface area contributed by atoms with Crippen molar-refractivity contribution in [3.8, 4) is 5.69 Å². The monoisotopic (exact) mass is 241 g/mol. The summed E-state index contributed by atoms with van der Waals surface area (Å²) in [5, 5.41) is 10.0. The van der Waals surface area contributed by atoms with Gasteiger partial charge in [0, 0.05) is 17.5 Å². The highest BCUT2D eigenvalue weighted by Crippen LogP contribution is 2.33. The van der Waals surface area contributed by atoms with Gasteiger partial charge in [0.05, 0.1) is 11.8 Å². The maximum atomic E-state index is 10.0. The van der Waals surface area contributed by atoms with Crippen LogP contribution in [0.3, 0.4) is 0 Å². The molecule has 1 atom stereocenters. The second kappa shape index (κ2) is 4.29. The van der Waals surface area contributed by atoms with Crippen molar-refractivity contribution in [2.24, 2.45) is 0 Å². The molecule has 2 heteroatoms. The lowest BCUT2D eigenvalue weighted by Crippen LogP contribution is -2.12. The van der Waals surface area contributed by atoms with E-state index in [2.05, 4.69) is 48.9 Å². The molecule has 1 aromatic carbocycles. The molecule has 0 aliphatic heterocycles. The zero-order valence-electron chi connectivity index (χ0n) is 11.0. The summed E-state index contributed by atoms with van der Waals surface area (Å²) in [6.45, 7) is 4.29. The van der Waals surface area contributed by atoms with Gasteiger partial charge in [0.1, 0.15) is 0 Å². The summed E-state index contributed by atoms with van der Waals surface area (Å²) in [7, 11) is 0. The van der Waals surface area contributed by atoms with Crippen LogP contribution >= 0.6 is 0 Å². The van der Waals surface area contributed by atoms with Crippen LogP contribution in [0.1, 0.15) is 41.3 Å². The molecule has 0 saturated heterocycles. The molecule has 2 nitrogen and oxygen atoms in total. The average Bonchev–Trinajstić information content (AvgIpc) is 2.75. The van der Waals surface area contributed by atoms with Gasteiger partial charge in [-0.25, -0.2) is 0 Å². The number of rotatable bonds is 1. The first-order chi connectivity index (χ1) is 8.68. The lowest BCUT2D eigenvalue weighted by Gasteiger charge is -2.21. The molecule has 3 rings (SSSR count). The third kappa shape index (κ3) is 1.68. The summed E-state index contributed by atoms with van der Waals surface area (Å²) in [4.78, 5) is 0. The maximum absolute atomic E-state index is 10.0. The summed E-state index contributed by atoms with van der Waals surface area (Å²) < 4.78 is 2.27. The second-order valence-corrected chi connectivity index (χ2v) is 5.24. The molecule has 1 N–H and O–H groups in total. The molecule has 1 aromatic heterocycles. The van der Waals surface area contributed by atoms with E-state index in [1.165, 1.54) is 22.5 Å². The minimum absolute atomic E-state index is 0.278. The molecule has 94 valence electrons. The Bertz CT molecular complexity index is 563. The third-order valence-electron chi connectivity index (χ3n) is 3.96. The zero-order valence-corrected chi connectivity index (χ0v) is 11.0. The van der Waals surface area contributed by atoms with E-state index in [1.54, 1.807) is 0 Å². The van der Waals surface area contributed by atoms with E-state index in [-0.39, 0.29) is 6.10 Å². The number of hydrogen-bond donors (Lipinski definition) is 1. The molecule has 0 bridgehead atoms. The van der Waals surface area contributed by atoms with Crippen LogP contribution in [0.25, 0.3) is 5.69 Å². The maximum Gasteiger partial charge on any atom is 0.0807 e. The predicted octanol–water partition coefficient (Wildman–Crippen LogP) is 3.46. The number of aliphatic hydroxyl groups is 1. The number of aromatic nitrogens is 1. The predicted molar refractivity (Wildman–Crippen MR) is 73.1 cm³/mol. The molecule has 0 fully saturated rings. The Hall–Kier alpha value is -1.54. The number of nitrogens with zero attached hydrogens (tertiary/aromatic N) is 1. The molecule has 0 amide bonds. The van der Waals surface area contributed by atoms with Gasteiger partial charge in [0.15, 0.2) is 0 Å². The minimum atomic E-state index is -0.278. The standard InChI is InChI=1S/C16H19NO/c1-11-5-3-6-12(2)16(11)17-10-9-13-14(17)7-4-8-15(13)18/h3,5-6,9-10,15,18H,4,7-8H2,1-2H3. The molecule has 1 unspecified atom stereocenters. The van der Waals surface area contributed by atoms with Gasteiger partial charge in [-0.2, -0.15) is 0 Å². The van der Waals surface area contributed by atoms with Crippen molar-refractivity contribution in [2.75, 3.05) is 0 Å². The lowest BCUT2D eigenvalue weighted by molar-refractivity contribution is 0.156.